The van der Waals surface area contributed by atoms with Gasteiger partial charge in [0.15, 0.2) is 0 Å². The van der Waals surface area contributed by atoms with Crippen molar-refractivity contribution in [1.82, 2.24) is 15.5 Å². The van der Waals surface area contributed by atoms with Crippen molar-refractivity contribution in [1.29, 1.82) is 0 Å². The normalized spacial score (nSPS) is 24.1. The van der Waals surface area contributed by atoms with Crippen LogP contribution in [0, 0.1) is 5.41 Å². The molecule has 5 heteroatoms. The molecular formula is C25H37N3O2. The van der Waals surface area contributed by atoms with Gasteiger partial charge in [-0.1, -0.05) is 50.3 Å². The molecule has 5 nitrogen and oxygen atoms in total. The van der Waals surface area contributed by atoms with Crippen molar-refractivity contribution in [2.75, 3.05) is 26.4 Å². The molecular weight excluding hydrogens is 374 g/mol. The zero-order valence-corrected chi connectivity index (χ0v) is 18.7. The van der Waals surface area contributed by atoms with E-state index in [-0.39, 0.29) is 12.6 Å². The topological polar surface area (TPSA) is 64.6 Å². The number of benzene rings is 1. The summed E-state index contributed by atoms with van der Waals surface area (Å²) in [6.07, 6.45) is 10.9. The van der Waals surface area contributed by atoms with Gasteiger partial charge in [-0.25, -0.2) is 0 Å². The first kappa shape index (κ1) is 22.6. The van der Waals surface area contributed by atoms with E-state index in [1.807, 2.05) is 33.0 Å². The number of rotatable bonds is 4. The highest BCUT2D eigenvalue weighted by Crippen LogP contribution is 2.50. The molecule has 0 bridgehead atoms. The number of carbonyl (C=O) groups excluding carboxylic acids is 1. The molecule has 0 saturated carbocycles. The molecule has 2 unspecified atom stereocenters. The highest BCUT2D eigenvalue weighted by atomic mass is 16.3. The van der Waals surface area contributed by atoms with Gasteiger partial charge in [0.2, 0.25) is 0 Å². The highest BCUT2D eigenvalue weighted by molar-refractivity contribution is 5.84. The number of dihydropyridines is 1. The van der Waals surface area contributed by atoms with Crippen LogP contribution in [-0.4, -0.2) is 48.3 Å². The number of nitrogens with one attached hydrogen (secondary N) is 2. The van der Waals surface area contributed by atoms with Crippen LogP contribution in [0.3, 0.4) is 0 Å². The van der Waals surface area contributed by atoms with Crippen LogP contribution in [0.15, 0.2) is 48.2 Å². The van der Waals surface area contributed by atoms with Gasteiger partial charge in [0.05, 0.1) is 0 Å². The maximum Gasteiger partial charge on any atom is 0.250 e. The van der Waals surface area contributed by atoms with E-state index in [0.29, 0.717) is 17.9 Å². The summed E-state index contributed by atoms with van der Waals surface area (Å²) < 4.78 is 0. The number of likely N-dealkylation sites (N-methyl/N-ethyl adjacent to an activating group) is 1. The molecule has 1 saturated heterocycles. The zero-order chi connectivity index (χ0) is 21.6. The van der Waals surface area contributed by atoms with Gasteiger partial charge in [0, 0.05) is 18.7 Å². The summed E-state index contributed by atoms with van der Waals surface area (Å²) in [6, 6.07) is 8.45. The molecule has 3 N–H and O–H groups in total. The molecule has 2 heterocycles. The Hall–Kier alpha value is -2.11. The van der Waals surface area contributed by atoms with Crippen molar-refractivity contribution in [2.45, 2.75) is 58.4 Å². The number of piperidine rings is 1. The van der Waals surface area contributed by atoms with E-state index >= 15 is 0 Å². The van der Waals surface area contributed by atoms with Crippen molar-refractivity contribution in [3.8, 4) is 0 Å². The first-order chi connectivity index (χ1) is 14.7. The monoisotopic (exact) mass is 411 g/mol. The molecule has 2 aliphatic heterocycles. The summed E-state index contributed by atoms with van der Waals surface area (Å²) in [6.45, 7) is 8.34. The number of allylic oxidation sites excluding steroid dienone is 2. The minimum absolute atomic E-state index is 0.0876. The summed E-state index contributed by atoms with van der Waals surface area (Å²) in [5.41, 5.74) is 4.54. The fourth-order valence-corrected chi connectivity index (χ4v) is 5.08. The van der Waals surface area contributed by atoms with Crippen molar-refractivity contribution in [2.24, 2.45) is 5.41 Å². The van der Waals surface area contributed by atoms with Gasteiger partial charge >= 0.3 is 0 Å². The first-order valence-electron chi connectivity index (χ1n) is 11.5. The Balaban J connectivity index is 0.00000124. The lowest BCUT2D eigenvalue weighted by atomic mass is 9.61. The van der Waals surface area contributed by atoms with Crippen molar-refractivity contribution in [3.05, 3.63) is 59.3 Å². The SMILES string of the molecule is CC.CCN(CO)C(=O)C1C=CC(C2CC3(CCNCC3)Cc3ccccc32)=CN1. The summed E-state index contributed by atoms with van der Waals surface area (Å²) in [7, 11) is 0. The van der Waals surface area contributed by atoms with Gasteiger partial charge in [-0.2, -0.15) is 0 Å². The van der Waals surface area contributed by atoms with Crippen LogP contribution >= 0.6 is 0 Å². The van der Waals surface area contributed by atoms with Gasteiger partial charge in [-0.3, -0.25) is 4.79 Å². The van der Waals surface area contributed by atoms with Gasteiger partial charge in [-0.15, -0.1) is 0 Å². The van der Waals surface area contributed by atoms with Crippen LogP contribution in [0.5, 0.6) is 0 Å². The van der Waals surface area contributed by atoms with Gasteiger partial charge in [0.25, 0.3) is 5.91 Å². The molecule has 4 rings (SSSR count). The van der Waals surface area contributed by atoms with Crippen LogP contribution in [0.2, 0.25) is 0 Å². The summed E-state index contributed by atoms with van der Waals surface area (Å²) in [4.78, 5) is 13.9. The number of carbonyl (C=O) groups is 1. The third-order valence-electron chi connectivity index (χ3n) is 6.74. The first-order valence-corrected chi connectivity index (χ1v) is 11.5. The molecule has 164 valence electrons. The number of nitrogens with zero attached hydrogens (tertiary/aromatic N) is 1. The molecule has 30 heavy (non-hydrogen) atoms. The number of aliphatic hydroxyl groups excluding tert-OH is 1. The number of hydrogen-bond acceptors (Lipinski definition) is 4. The van der Waals surface area contributed by atoms with Crippen molar-refractivity contribution < 1.29 is 9.90 Å². The quantitative estimate of drug-likeness (QED) is 0.665. The fraction of sp³-hybridized carbons (Fsp3) is 0.560. The number of amides is 1. The van der Waals surface area contributed by atoms with E-state index in [2.05, 4.69) is 41.0 Å². The molecule has 2 atom stereocenters. The molecule has 1 aromatic carbocycles. The lowest BCUT2D eigenvalue weighted by Gasteiger charge is -2.45. The lowest BCUT2D eigenvalue weighted by Crippen LogP contribution is -2.45. The van der Waals surface area contributed by atoms with E-state index in [0.717, 1.165) is 13.1 Å². The smallest absolute Gasteiger partial charge is 0.250 e. The van der Waals surface area contributed by atoms with Gasteiger partial charge in [-0.05, 0) is 67.8 Å². The second kappa shape index (κ2) is 10.3. The molecule has 1 spiro atoms. The Morgan fingerprint density at radius 2 is 1.97 bits per heavy atom. The Labute approximate surface area is 181 Å². The standard InChI is InChI=1S/C23H31N3O2.C2H6/c1-2-26(16-27)22(28)21-8-7-18(15-25-21)20-14-23(9-11-24-12-10-23)13-17-5-3-4-6-19(17)20;1-2/h3-8,15,20-21,24-25,27H,2,9-14,16H2,1H3;1-2H3. The average molecular weight is 412 g/mol. The van der Waals surface area contributed by atoms with Gasteiger partial charge < -0.3 is 20.6 Å². The van der Waals surface area contributed by atoms with Crippen LogP contribution in [0.4, 0.5) is 0 Å². The Morgan fingerprint density at radius 3 is 2.60 bits per heavy atom. The number of fused-ring (bicyclic) bond motifs is 1. The molecule has 0 radical (unpaired) electrons. The Bertz CT molecular complexity index is 776. The van der Waals surface area contributed by atoms with E-state index in [4.69, 9.17) is 0 Å². The Morgan fingerprint density at radius 1 is 1.23 bits per heavy atom. The summed E-state index contributed by atoms with van der Waals surface area (Å²) in [5, 5.41) is 16.2. The predicted octanol–water partition coefficient (Wildman–Crippen LogP) is 3.32. The number of aliphatic hydroxyl groups is 1. The second-order valence-electron chi connectivity index (χ2n) is 8.37. The van der Waals surface area contributed by atoms with E-state index < -0.39 is 6.04 Å². The van der Waals surface area contributed by atoms with Crippen LogP contribution < -0.4 is 10.6 Å². The van der Waals surface area contributed by atoms with Crippen molar-refractivity contribution >= 4 is 5.91 Å². The third kappa shape index (κ3) is 4.62. The minimum Gasteiger partial charge on any atom is -0.376 e. The molecule has 1 aliphatic carbocycles. The maximum atomic E-state index is 12.5. The largest absolute Gasteiger partial charge is 0.376 e. The summed E-state index contributed by atoms with van der Waals surface area (Å²) >= 11 is 0. The van der Waals surface area contributed by atoms with Crippen LogP contribution in [-0.2, 0) is 11.2 Å². The molecule has 1 amide bonds. The number of hydrogen-bond donors (Lipinski definition) is 3. The second-order valence-corrected chi connectivity index (χ2v) is 8.37. The van der Waals surface area contributed by atoms with E-state index in [1.165, 1.54) is 47.3 Å². The molecule has 1 aromatic rings. The fourth-order valence-electron chi connectivity index (χ4n) is 5.08. The molecule has 1 fully saturated rings. The molecule has 0 aromatic heterocycles. The van der Waals surface area contributed by atoms with Gasteiger partial charge in [0.1, 0.15) is 12.8 Å². The van der Waals surface area contributed by atoms with Crippen LogP contribution in [0.1, 0.15) is 57.1 Å². The van der Waals surface area contributed by atoms with E-state index in [1.54, 1.807) is 0 Å². The zero-order valence-electron chi connectivity index (χ0n) is 18.7. The predicted molar refractivity (Wildman–Crippen MR) is 122 cm³/mol. The lowest BCUT2D eigenvalue weighted by molar-refractivity contribution is -0.135. The Kier molecular flexibility index (Phi) is 7.73. The third-order valence-corrected chi connectivity index (χ3v) is 6.74. The van der Waals surface area contributed by atoms with Crippen molar-refractivity contribution in [3.63, 3.8) is 0 Å². The van der Waals surface area contributed by atoms with E-state index in [9.17, 15) is 9.90 Å². The maximum absolute atomic E-state index is 12.5. The minimum atomic E-state index is -0.400. The molecule has 3 aliphatic rings. The highest BCUT2D eigenvalue weighted by Gasteiger charge is 2.40. The average Bonchev–Trinajstić information content (AvgIpc) is 2.81. The summed E-state index contributed by atoms with van der Waals surface area (Å²) in [5.74, 6) is 0.276. The van der Waals surface area contributed by atoms with Crippen LogP contribution in [0.25, 0.3) is 0 Å².